The van der Waals surface area contributed by atoms with Gasteiger partial charge in [-0.05, 0) is 75.9 Å². The Kier molecular flexibility index (Phi) is 4.55. The minimum atomic E-state index is -1.92. The van der Waals surface area contributed by atoms with Gasteiger partial charge in [-0.25, -0.2) is 0 Å². The SMILES string of the molecule is CC(=O)OC1(O)CC(=O)C=C2C(C)=C[C@H]3[C@H](CC[C@@]4(C)[C@H]3CC[C@]4(O)C(C)=O)[C@]21C. The van der Waals surface area contributed by atoms with Gasteiger partial charge in [0.2, 0.25) is 5.79 Å². The van der Waals surface area contributed by atoms with Gasteiger partial charge in [-0.3, -0.25) is 14.4 Å². The molecular formula is C24H32O6. The number of ketones is 2. The first kappa shape index (κ1) is 21.4. The van der Waals surface area contributed by atoms with E-state index in [1.165, 1.54) is 13.8 Å². The van der Waals surface area contributed by atoms with Crippen LogP contribution in [0.5, 0.6) is 0 Å². The van der Waals surface area contributed by atoms with E-state index < -0.39 is 28.2 Å². The fraction of sp³-hybridized carbons (Fsp3) is 0.708. The summed E-state index contributed by atoms with van der Waals surface area (Å²) in [6, 6.07) is 0. The highest BCUT2D eigenvalue weighted by molar-refractivity contribution is 5.94. The number of fused-ring (bicyclic) bond motifs is 5. The van der Waals surface area contributed by atoms with Crippen molar-refractivity contribution < 1.29 is 29.3 Å². The number of allylic oxidation sites excluding steroid dienone is 3. The number of carbonyl (C=O) groups excluding carboxylic acids is 3. The van der Waals surface area contributed by atoms with Gasteiger partial charge in [0.1, 0.15) is 5.60 Å². The summed E-state index contributed by atoms with van der Waals surface area (Å²) in [7, 11) is 0. The molecule has 6 nitrogen and oxygen atoms in total. The van der Waals surface area contributed by atoms with Crippen LogP contribution in [0.25, 0.3) is 0 Å². The van der Waals surface area contributed by atoms with Crippen molar-refractivity contribution in [2.75, 3.05) is 0 Å². The van der Waals surface area contributed by atoms with Crippen LogP contribution in [-0.2, 0) is 19.1 Å². The minimum absolute atomic E-state index is 0.00885. The second kappa shape index (κ2) is 6.36. The molecule has 0 saturated heterocycles. The first-order valence-electron chi connectivity index (χ1n) is 10.9. The van der Waals surface area contributed by atoms with Gasteiger partial charge in [-0.1, -0.05) is 18.6 Å². The van der Waals surface area contributed by atoms with Gasteiger partial charge in [0.05, 0.1) is 11.8 Å². The average molecular weight is 417 g/mol. The number of hydrogen-bond acceptors (Lipinski definition) is 6. The van der Waals surface area contributed by atoms with Gasteiger partial charge in [0, 0.05) is 12.3 Å². The quantitative estimate of drug-likeness (QED) is 0.530. The van der Waals surface area contributed by atoms with Gasteiger partial charge in [0.25, 0.3) is 0 Å². The Morgan fingerprint density at radius 3 is 2.33 bits per heavy atom. The van der Waals surface area contributed by atoms with Gasteiger partial charge in [-0.2, -0.15) is 0 Å². The van der Waals surface area contributed by atoms with Crippen molar-refractivity contribution in [3.05, 3.63) is 23.3 Å². The number of aliphatic hydroxyl groups is 2. The van der Waals surface area contributed by atoms with Crippen LogP contribution in [0.15, 0.2) is 23.3 Å². The molecule has 2 N–H and O–H groups in total. The molecule has 7 atom stereocenters. The fourth-order valence-electron chi connectivity index (χ4n) is 7.46. The van der Waals surface area contributed by atoms with E-state index in [4.69, 9.17) is 4.74 Å². The average Bonchev–Trinajstić information content (AvgIpc) is 2.89. The van der Waals surface area contributed by atoms with E-state index >= 15 is 0 Å². The molecule has 4 aliphatic carbocycles. The molecular weight excluding hydrogens is 384 g/mol. The van der Waals surface area contributed by atoms with E-state index in [0.717, 1.165) is 17.6 Å². The van der Waals surface area contributed by atoms with Gasteiger partial charge < -0.3 is 14.9 Å². The predicted molar refractivity (Wildman–Crippen MR) is 109 cm³/mol. The van der Waals surface area contributed by atoms with E-state index in [0.29, 0.717) is 19.3 Å². The van der Waals surface area contributed by atoms with Gasteiger partial charge >= 0.3 is 5.97 Å². The zero-order chi connectivity index (χ0) is 22.3. The lowest BCUT2D eigenvalue weighted by Crippen LogP contribution is -2.63. The van der Waals surface area contributed by atoms with Crippen LogP contribution in [0.2, 0.25) is 0 Å². The summed E-state index contributed by atoms with van der Waals surface area (Å²) in [4.78, 5) is 36.7. The number of Topliss-reactive ketones (excluding diaryl/α,β-unsaturated/α-hetero) is 1. The second-order valence-electron chi connectivity index (χ2n) is 10.3. The summed E-state index contributed by atoms with van der Waals surface area (Å²) in [6.07, 6.45) is 5.93. The molecule has 0 aromatic rings. The van der Waals surface area contributed by atoms with Crippen molar-refractivity contribution in [3.63, 3.8) is 0 Å². The largest absolute Gasteiger partial charge is 0.432 e. The molecule has 0 radical (unpaired) electrons. The van der Waals surface area contributed by atoms with Gasteiger partial charge in [0.15, 0.2) is 11.6 Å². The van der Waals surface area contributed by atoms with E-state index in [1.54, 1.807) is 6.08 Å². The Morgan fingerprint density at radius 1 is 1.10 bits per heavy atom. The first-order chi connectivity index (χ1) is 13.8. The zero-order valence-electron chi connectivity index (χ0n) is 18.4. The normalized spacial score (nSPS) is 47.4. The molecule has 2 saturated carbocycles. The van der Waals surface area contributed by atoms with Crippen LogP contribution < -0.4 is 0 Å². The maximum absolute atomic E-state index is 12.4. The molecule has 4 rings (SSSR count). The number of carbonyl (C=O) groups is 3. The highest BCUT2D eigenvalue weighted by Gasteiger charge is 2.69. The van der Waals surface area contributed by atoms with Crippen molar-refractivity contribution in [1.82, 2.24) is 0 Å². The minimum Gasteiger partial charge on any atom is -0.432 e. The number of esters is 1. The van der Waals surface area contributed by atoms with Crippen molar-refractivity contribution in [2.45, 2.75) is 78.1 Å². The summed E-state index contributed by atoms with van der Waals surface area (Å²) in [5, 5.41) is 22.9. The van der Waals surface area contributed by atoms with E-state index in [-0.39, 0.29) is 35.7 Å². The molecule has 2 fully saturated rings. The molecule has 0 amide bonds. The number of rotatable bonds is 2. The molecule has 164 valence electrons. The summed E-state index contributed by atoms with van der Waals surface area (Å²) in [6.45, 7) is 8.55. The van der Waals surface area contributed by atoms with Crippen molar-refractivity contribution in [1.29, 1.82) is 0 Å². The van der Waals surface area contributed by atoms with Crippen molar-refractivity contribution in [2.24, 2.45) is 28.6 Å². The standard InChI is InChI=1S/C24H32O6/c1-13-10-17-18-7-9-23(28,14(2)25)21(18,4)8-6-19(17)22(5)20(13)11-16(27)12-24(22,29)30-15(3)26/h10-11,17-19,28-29H,6-9,12H2,1-5H3/t17-,18+,19+,21+,22-,23+,24?/m1/s1. The van der Waals surface area contributed by atoms with Crippen LogP contribution in [0.3, 0.4) is 0 Å². The summed E-state index contributed by atoms with van der Waals surface area (Å²) < 4.78 is 5.46. The van der Waals surface area contributed by atoms with Crippen LogP contribution in [-0.4, -0.2) is 39.1 Å². The third-order valence-electron chi connectivity index (χ3n) is 9.08. The lowest BCUT2D eigenvalue weighted by Gasteiger charge is -2.60. The van der Waals surface area contributed by atoms with E-state index in [1.807, 2.05) is 20.8 Å². The summed E-state index contributed by atoms with van der Waals surface area (Å²) in [5.41, 5.74) is -1.20. The van der Waals surface area contributed by atoms with Crippen LogP contribution >= 0.6 is 0 Å². The first-order valence-corrected chi connectivity index (χ1v) is 10.9. The highest BCUT2D eigenvalue weighted by Crippen LogP contribution is 2.68. The lowest BCUT2D eigenvalue weighted by molar-refractivity contribution is -0.270. The van der Waals surface area contributed by atoms with Crippen LogP contribution in [0.4, 0.5) is 0 Å². The third kappa shape index (κ3) is 2.46. The Bertz CT molecular complexity index is 901. The molecule has 0 heterocycles. The smallest absolute Gasteiger partial charge is 0.305 e. The van der Waals surface area contributed by atoms with E-state index in [9.17, 15) is 24.6 Å². The molecule has 0 bridgehead atoms. The molecule has 1 unspecified atom stereocenters. The maximum atomic E-state index is 12.4. The Labute approximate surface area is 177 Å². The van der Waals surface area contributed by atoms with Crippen LogP contribution in [0.1, 0.15) is 66.7 Å². The zero-order valence-corrected chi connectivity index (χ0v) is 18.4. The van der Waals surface area contributed by atoms with Crippen molar-refractivity contribution >= 4 is 17.5 Å². The molecule has 30 heavy (non-hydrogen) atoms. The summed E-state index contributed by atoms with van der Waals surface area (Å²) >= 11 is 0. The number of hydrogen-bond donors (Lipinski definition) is 2. The predicted octanol–water partition coefficient (Wildman–Crippen LogP) is 2.87. The molecule has 0 aromatic heterocycles. The molecule has 4 aliphatic rings. The lowest BCUT2D eigenvalue weighted by atomic mass is 9.45. The Hall–Kier alpha value is -1.79. The summed E-state index contributed by atoms with van der Waals surface area (Å²) in [5.74, 6) is -2.98. The highest BCUT2D eigenvalue weighted by atomic mass is 16.7. The number of ether oxygens (including phenoxy) is 1. The van der Waals surface area contributed by atoms with Gasteiger partial charge in [-0.15, -0.1) is 0 Å². The molecule has 0 spiro atoms. The second-order valence-corrected chi connectivity index (χ2v) is 10.3. The molecule has 6 heteroatoms. The van der Waals surface area contributed by atoms with Crippen LogP contribution in [0, 0.1) is 28.6 Å². The molecule has 0 aliphatic heterocycles. The van der Waals surface area contributed by atoms with E-state index in [2.05, 4.69) is 6.08 Å². The van der Waals surface area contributed by atoms with Crippen molar-refractivity contribution in [3.8, 4) is 0 Å². The monoisotopic (exact) mass is 416 g/mol. The molecule has 0 aromatic carbocycles. The third-order valence-corrected chi connectivity index (χ3v) is 9.08. The topological polar surface area (TPSA) is 101 Å². The Balaban J connectivity index is 1.86. The maximum Gasteiger partial charge on any atom is 0.305 e. The Morgan fingerprint density at radius 2 is 1.73 bits per heavy atom. The fourth-order valence-corrected chi connectivity index (χ4v) is 7.46.